The van der Waals surface area contributed by atoms with Crippen LogP contribution in [0.3, 0.4) is 0 Å². The molecule has 1 aromatic carbocycles. The number of halogens is 1. The van der Waals surface area contributed by atoms with Gasteiger partial charge in [-0.3, -0.25) is 4.79 Å². The van der Waals surface area contributed by atoms with Crippen LogP contribution in [-0.2, 0) is 0 Å². The second kappa shape index (κ2) is 4.40. The molecule has 2 aromatic heterocycles. The third-order valence-electron chi connectivity index (χ3n) is 2.79. The highest BCUT2D eigenvalue weighted by Crippen LogP contribution is 2.34. The summed E-state index contributed by atoms with van der Waals surface area (Å²) in [6.45, 7) is 1.95. The van der Waals surface area contributed by atoms with Crippen LogP contribution >= 0.6 is 22.9 Å². The first-order valence-electron chi connectivity index (χ1n) is 5.58. The van der Waals surface area contributed by atoms with Gasteiger partial charge in [0.2, 0.25) is 11.2 Å². The van der Waals surface area contributed by atoms with Crippen molar-refractivity contribution in [1.82, 2.24) is 0 Å². The summed E-state index contributed by atoms with van der Waals surface area (Å²) < 4.78 is 5.63. The number of fused-ring (bicyclic) bond motifs is 1. The quantitative estimate of drug-likeness (QED) is 0.731. The van der Waals surface area contributed by atoms with E-state index in [1.165, 1.54) is 17.4 Å². The Labute approximate surface area is 117 Å². The van der Waals surface area contributed by atoms with Gasteiger partial charge < -0.3 is 9.52 Å². The number of benzene rings is 1. The van der Waals surface area contributed by atoms with Gasteiger partial charge >= 0.3 is 0 Å². The third kappa shape index (κ3) is 2.03. The van der Waals surface area contributed by atoms with Crippen LogP contribution in [0.15, 0.2) is 39.5 Å². The van der Waals surface area contributed by atoms with Crippen LogP contribution in [0.5, 0.6) is 5.75 Å². The van der Waals surface area contributed by atoms with Crippen LogP contribution in [0.4, 0.5) is 0 Å². The normalized spacial score (nSPS) is 11.1. The minimum absolute atomic E-state index is 0.206. The summed E-state index contributed by atoms with van der Waals surface area (Å²) in [5.74, 6) is -0.172. The third-order valence-corrected chi connectivity index (χ3v) is 4.03. The van der Waals surface area contributed by atoms with Crippen molar-refractivity contribution < 1.29 is 9.52 Å². The van der Waals surface area contributed by atoms with Crippen molar-refractivity contribution in [3.05, 3.63) is 50.5 Å². The van der Waals surface area contributed by atoms with E-state index in [0.29, 0.717) is 10.6 Å². The number of thiophene rings is 1. The Morgan fingerprint density at radius 1 is 1.26 bits per heavy atom. The molecule has 3 nitrogen and oxygen atoms in total. The summed E-state index contributed by atoms with van der Waals surface area (Å²) in [4.78, 5) is 13.9. The molecule has 3 rings (SSSR count). The lowest BCUT2D eigenvalue weighted by atomic mass is 10.2. The predicted molar refractivity (Wildman–Crippen MR) is 77.2 cm³/mol. The molecule has 0 bridgehead atoms. The molecular weight excluding hydrogens is 284 g/mol. The average Bonchev–Trinajstić information content (AvgIpc) is 2.81. The van der Waals surface area contributed by atoms with Crippen molar-refractivity contribution in [3.8, 4) is 16.4 Å². The van der Waals surface area contributed by atoms with Crippen molar-refractivity contribution in [2.75, 3.05) is 0 Å². The fourth-order valence-electron chi connectivity index (χ4n) is 1.88. The fourth-order valence-corrected chi connectivity index (χ4v) is 2.90. The van der Waals surface area contributed by atoms with Crippen molar-refractivity contribution in [2.24, 2.45) is 0 Å². The zero-order valence-corrected chi connectivity index (χ0v) is 11.5. The molecule has 0 aliphatic carbocycles. The highest BCUT2D eigenvalue weighted by molar-refractivity contribution is 7.15. The van der Waals surface area contributed by atoms with Crippen LogP contribution in [0.2, 0.25) is 5.02 Å². The van der Waals surface area contributed by atoms with Gasteiger partial charge in [0.05, 0.1) is 10.3 Å². The van der Waals surface area contributed by atoms with Gasteiger partial charge in [-0.25, -0.2) is 0 Å². The zero-order valence-electron chi connectivity index (χ0n) is 9.94. The van der Waals surface area contributed by atoms with Crippen molar-refractivity contribution in [1.29, 1.82) is 0 Å². The molecule has 3 aromatic rings. The highest BCUT2D eigenvalue weighted by Gasteiger charge is 2.16. The van der Waals surface area contributed by atoms with Crippen LogP contribution in [0.1, 0.15) is 4.88 Å². The van der Waals surface area contributed by atoms with Crippen LogP contribution in [0.25, 0.3) is 21.6 Å². The standard InChI is InChI=1S/C14H9ClO3S/c1-7-2-5-11(19-7)14-13(17)12(16)9-6-8(15)3-4-10(9)18-14/h2-6,17H,1H3. The van der Waals surface area contributed by atoms with E-state index in [0.717, 1.165) is 9.75 Å². The number of aryl methyl sites for hydroxylation is 1. The summed E-state index contributed by atoms with van der Waals surface area (Å²) in [6, 6.07) is 8.49. The molecular formula is C14H9ClO3S. The Balaban J connectivity index is 2.36. The molecule has 0 spiro atoms. The van der Waals surface area contributed by atoms with E-state index in [4.69, 9.17) is 16.0 Å². The van der Waals surface area contributed by atoms with E-state index in [-0.39, 0.29) is 16.9 Å². The molecule has 0 unspecified atom stereocenters. The summed E-state index contributed by atoms with van der Waals surface area (Å²) >= 11 is 7.30. The maximum Gasteiger partial charge on any atom is 0.235 e. The van der Waals surface area contributed by atoms with Gasteiger partial charge in [-0.05, 0) is 37.3 Å². The molecule has 5 heteroatoms. The number of hydrogen-bond acceptors (Lipinski definition) is 4. The van der Waals surface area contributed by atoms with E-state index in [2.05, 4.69) is 0 Å². The molecule has 0 radical (unpaired) electrons. The first-order chi connectivity index (χ1) is 9.06. The molecule has 0 fully saturated rings. The number of aromatic hydroxyl groups is 1. The van der Waals surface area contributed by atoms with E-state index in [1.807, 2.05) is 19.1 Å². The minimum Gasteiger partial charge on any atom is -0.501 e. The average molecular weight is 293 g/mol. The summed E-state index contributed by atoms with van der Waals surface area (Å²) in [6.07, 6.45) is 0. The summed E-state index contributed by atoms with van der Waals surface area (Å²) in [7, 11) is 0. The Morgan fingerprint density at radius 2 is 2.05 bits per heavy atom. The molecule has 2 heterocycles. The Morgan fingerprint density at radius 3 is 2.74 bits per heavy atom. The van der Waals surface area contributed by atoms with Crippen molar-refractivity contribution in [3.63, 3.8) is 0 Å². The van der Waals surface area contributed by atoms with Crippen molar-refractivity contribution in [2.45, 2.75) is 6.92 Å². The van der Waals surface area contributed by atoms with E-state index in [1.54, 1.807) is 12.1 Å². The summed E-state index contributed by atoms with van der Waals surface area (Å²) in [5, 5.41) is 10.7. The van der Waals surface area contributed by atoms with Gasteiger partial charge in [-0.1, -0.05) is 11.6 Å². The summed E-state index contributed by atoms with van der Waals surface area (Å²) in [5.41, 5.74) is -0.0574. The molecule has 0 amide bonds. The lowest BCUT2D eigenvalue weighted by molar-refractivity contribution is 0.449. The molecule has 0 saturated heterocycles. The molecule has 0 aliphatic heterocycles. The first kappa shape index (κ1) is 12.3. The smallest absolute Gasteiger partial charge is 0.235 e. The molecule has 0 saturated carbocycles. The van der Waals surface area contributed by atoms with E-state index >= 15 is 0 Å². The molecule has 0 aliphatic rings. The largest absolute Gasteiger partial charge is 0.501 e. The predicted octanol–water partition coefficient (Wildman–Crippen LogP) is 4.19. The second-order valence-corrected chi connectivity index (χ2v) is 5.88. The van der Waals surface area contributed by atoms with Gasteiger partial charge in [0, 0.05) is 9.90 Å². The second-order valence-electron chi connectivity index (χ2n) is 4.16. The van der Waals surface area contributed by atoms with Crippen molar-refractivity contribution >= 4 is 33.9 Å². The lowest BCUT2D eigenvalue weighted by Gasteiger charge is -2.04. The molecule has 1 N–H and O–H groups in total. The van der Waals surface area contributed by atoms with Gasteiger partial charge in [-0.2, -0.15) is 0 Å². The first-order valence-corrected chi connectivity index (χ1v) is 6.78. The minimum atomic E-state index is -0.468. The van der Waals surface area contributed by atoms with E-state index in [9.17, 15) is 9.90 Å². The SMILES string of the molecule is Cc1ccc(-c2oc3ccc(Cl)cc3c(=O)c2O)s1. The van der Waals surface area contributed by atoms with E-state index < -0.39 is 5.43 Å². The Bertz CT molecular complexity index is 832. The number of hydrogen-bond donors (Lipinski definition) is 1. The maximum atomic E-state index is 12.1. The Hall–Kier alpha value is -1.78. The molecule has 19 heavy (non-hydrogen) atoms. The fraction of sp³-hybridized carbons (Fsp3) is 0.0714. The van der Waals surface area contributed by atoms with Crippen LogP contribution in [0, 0.1) is 6.92 Å². The van der Waals surface area contributed by atoms with Gasteiger partial charge in [-0.15, -0.1) is 11.3 Å². The number of rotatable bonds is 1. The van der Waals surface area contributed by atoms with Gasteiger partial charge in [0.25, 0.3) is 0 Å². The Kier molecular flexibility index (Phi) is 2.84. The molecule has 0 atom stereocenters. The van der Waals surface area contributed by atoms with Crippen LogP contribution in [-0.4, -0.2) is 5.11 Å². The van der Waals surface area contributed by atoms with Gasteiger partial charge in [0.1, 0.15) is 5.58 Å². The van der Waals surface area contributed by atoms with Gasteiger partial charge in [0.15, 0.2) is 5.76 Å². The topological polar surface area (TPSA) is 50.4 Å². The zero-order chi connectivity index (χ0) is 13.6. The lowest BCUT2D eigenvalue weighted by Crippen LogP contribution is -2.02. The highest BCUT2D eigenvalue weighted by atomic mass is 35.5. The monoisotopic (exact) mass is 292 g/mol. The molecule has 96 valence electrons. The maximum absolute atomic E-state index is 12.1. The van der Waals surface area contributed by atoms with Crippen LogP contribution < -0.4 is 5.43 Å².